The number of methoxy groups -OCH3 is 1. The lowest BCUT2D eigenvalue weighted by Crippen LogP contribution is -1.88. The van der Waals surface area contributed by atoms with Crippen LogP contribution in [-0.4, -0.2) is 12.3 Å². The zero-order chi connectivity index (χ0) is 9.42. The Kier molecular flexibility index (Phi) is 2.03. The minimum absolute atomic E-state index is 0.366. The highest BCUT2D eigenvalue weighted by Crippen LogP contribution is 2.33. The van der Waals surface area contributed by atoms with Gasteiger partial charge in [-0.25, -0.2) is 0 Å². The van der Waals surface area contributed by atoms with E-state index in [0.717, 1.165) is 8.96 Å². The SMILES string of the molecule is COc1ccc(I)c2onc(N)c12. The first-order valence-electron chi connectivity index (χ1n) is 3.61. The molecule has 1 aromatic heterocycles. The molecule has 2 aromatic rings. The molecule has 2 rings (SSSR count). The van der Waals surface area contributed by atoms with Crippen molar-refractivity contribution in [1.82, 2.24) is 5.16 Å². The Labute approximate surface area is 88.2 Å². The summed E-state index contributed by atoms with van der Waals surface area (Å²) in [6.45, 7) is 0. The number of anilines is 1. The quantitative estimate of drug-likeness (QED) is 0.816. The van der Waals surface area contributed by atoms with Gasteiger partial charge in [-0.15, -0.1) is 0 Å². The molecule has 5 heteroatoms. The van der Waals surface area contributed by atoms with Crippen molar-refractivity contribution in [1.29, 1.82) is 0 Å². The molecule has 0 aliphatic heterocycles. The molecule has 0 aliphatic carbocycles. The molecule has 1 heterocycles. The smallest absolute Gasteiger partial charge is 0.186 e. The number of rotatable bonds is 1. The number of hydrogen-bond donors (Lipinski definition) is 1. The third kappa shape index (κ3) is 1.23. The van der Waals surface area contributed by atoms with Gasteiger partial charge in [-0.05, 0) is 34.7 Å². The molecule has 2 N–H and O–H groups in total. The summed E-state index contributed by atoms with van der Waals surface area (Å²) in [5.74, 6) is 1.06. The van der Waals surface area contributed by atoms with Crippen molar-refractivity contribution in [2.24, 2.45) is 0 Å². The second-order valence-corrected chi connectivity index (χ2v) is 3.68. The third-order valence-electron chi connectivity index (χ3n) is 1.78. The molecule has 1 aromatic carbocycles. The Hall–Kier alpha value is -0.980. The highest BCUT2D eigenvalue weighted by molar-refractivity contribution is 14.1. The molecular weight excluding hydrogens is 283 g/mol. The molecule has 0 amide bonds. The lowest BCUT2D eigenvalue weighted by atomic mass is 10.2. The summed E-state index contributed by atoms with van der Waals surface area (Å²) in [7, 11) is 1.59. The average Bonchev–Trinajstić information content (AvgIpc) is 2.51. The molecule has 68 valence electrons. The van der Waals surface area contributed by atoms with E-state index >= 15 is 0 Å². The fourth-order valence-corrected chi connectivity index (χ4v) is 1.73. The van der Waals surface area contributed by atoms with E-state index in [-0.39, 0.29) is 0 Å². The molecule has 0 saturated carbocycles. The van der Waals surface area contributed by atoms with Crippen LogP contribution in [0.1, 0.15) is 0 Å². The Morgan fingerprint density at radius 2 is 2.31 bits per heavy atom. The molecule has 13 heavy (non-hydrogen) atoms. The zero-order valence-electron chi connectivity index (χ0n) is 6.87. The third-order valence-corrected chi connectivity index (χ3v) is 2.63. The second kappa shape index (κ2) is 3.06. The number of nitrogens with two attached hydrogens (primary N) is 1. The maximum atomic E-state index is 5.63. The standard InChI is InChI=1S/C8H7IN2O2/c1-12-5-3-2-4(9)7-6(5)8(10)11-13-7/h2-3H,1H3,(H2,10,11). The first-order valence-corrected chi connectivity index (χ1v) is 4.69. The number of fused-ring (bicyclic) bond motifs is 1. The van der Waals surface area contributed by atoms with E-state index in [1.807, 2.05) is 12.1 Å². The van der Waals surface area contributed by atoms with E-state index < -0.39 is 0 Å². The van der Waals surface area contributed by atoms with Crippen LogP contribution in [0.15, 0.2) is 16.7 Å². The number of benzene rings is 1. The van der Waals surface area contributed by atoms with Crippen LogP contribution in [0.2, 0.25) is 0 Å². The van der Waals surface area contributed by atoms with Crippen LogP contribution in [0.4, 0.5) is 5.82 Å². The van der Waals surface area contributed by atoms with Crippen molar-refractivity contribution < 1.29 is 9.26 Å². The van der Waals surface area contributed by atoms with Crippen molar-refractivity contribution in [3.8, 4) is 5.75 Å². The van der Waals surface area contributed by atoms with Gasteiger partial charge in [-0.3, -0.25) is 0 Å². The number of hydrogen-bond acceptors (Lipinski definition) is 4. The van der Waals surface area contributed by atoms with Crippen LogP contribution in [0, 0.1) is 3.57 Å². The van der Waals surface area contributed by atoms with Crippen molar-refractivity contribution in [2.45, 2.75) is 0 Å². The molecule has 0 atom stereocenters. The van der Waals surface area contributed by atoms with E-state index in [2.05, 4.69) is 27.7 Å². The largest absolute Gasteiger partial charge is 0.496 e. The molecule has 4 nitrogen and oxygen atoms in total. The van der Waals surface area contributed by atoms with Gasteiger partial charge in [0, 0.05) is 0 Å². The van der Waals surface area contributed by atoms with E-state index in [0.29, 0.717) is 17.2 Å². The fraction of sp³-hybridized carbons (Fsp3) is 0.125. The normalized spacial score (nSPS) is 10.6. The molecule has 0 bridgehead atoms. The lowest BCUT2D eigenvalue weighted by Gasteiger charge is -2.00. The Morgan fingerprint density at radius 1 is 1.54 bits per heavy atom. The van der Waals surface area contributed by atoms with Crippen LogP contribution in [0.25, 0.3) is 11.0 Å². The maximum Gasteiger partial charge on any atom is 0.186 e. The Morgan fingerprint density at radius 3 is 3.00 bits per heavy atom. The average molecular weight is 290 g/mol. The van der Waals surface area contributed by atoms with Crippen molar-refractivity contribution in [3.05, 3.63) is 15.7 Å². The predicted octanol–water partition coefficient (Wildman–Crippen LogP) is 2.02. The Bertz CT molecular complexity index is 453. The fourth-order valence-electron chi connectivity index (χ4n) is 1.18. The summed E-state index contributed by atoms with van der Waals surface area (Å²) in [4.78, 5) is 0. The number of ether oxygens (including phenoxy) is 1. The lowest BCUT2D eigenvalue weighted by molar-refractivity contribution is 0.419. The molecule has 0 saturated heterocycles. The number of nitrogen functional groups attached to an aromatic ring is 1. The molecule has 0 spiro atoms. The van der Waals surface area contributed by atoms with Gasteiger partial charge in [-0.2, -0.15) is 0 Å². The minimum atomic E-state index is 0.366. The monoisotopic (exact) mass is 290 g/mol. The molecule has 0 fully saturated rings. The van der Waals surface area contributed by atoms with E-state index in [9.17, 15) is 0 Å². The van der Waals surface area contributed by atoms with Crippen molar-refractivity contribution in [2.75, 3.05) is 12.8 Å². The van der Waals surface area contributed by atoms with Gasteiger partial charge in [0.1, 0.15) is 11.1 Å². The van der Waals surface area contributed by atoms with Crippen LogP contribution >= 0.6 is 22.6 Å². The van der Waals surface area contributed by atoms with E-state index in [1.54, 1.807) is 7.11 Å². The van der Waals surface area contributed by atoms with Crippen LogP contribution in [0.5, 0.6) is 5.75 Å². The summed E-state index contributed by atoms with van der Waals surface area (Å²) < 4.78 is 11.2. The summed E-state index contributed by atoms with van der Waals surface area (Å²) >= 11 is 2.16. The van der Waals surface area contributed by atoms with Gasteiger partial charge >= 0.3 is 0 Å². The van der Waals surface area contributed by atoms with Gasteiger partial charge in [-0.1, -0.05) is 5.16 Å². The highest BCUT2D eigenvalue weighted by Gasteiger charge is 2.13. The molecular formula is C8H7IN2O2. The molecule has 0 aliphatic rings. The van der Waals surface area contributed by atoms with Crippen LogP contribution in [0.3, 0.4) is 0 Å². The van der Waals surface area contributed by atoms with Crippen molar-refractivity contribution >= 4 is 39.4 Å². The molecule has 0 radical (unpaired) electrons. The predicted molar refractivity (Wildman–Crippen MR) is 57.7 cm³/mol. The molecule has 0 unspecified atom stereocenters. The maximum absolute atomic E-state index is 5.63. The summed E-state index contributed by atoms with van der Waals surface area (Å²) in [6.07, 6.45) is 0. The van der Waals surface area contributed by atoms with Gasteiger partial charge in [0.25, 0.3) is 0 Å². The summed E-state index contributed by atoms with van der Waals surface area (Å²) in [6, 6.07) is 3.74. The van der Waals surface area contributed by atoms with Gasteiger partial charge in [0.2, 0.25) is 0 Å². The van der Waals surface area contributed by atoms with Gasteiger partial charge in [0.05, 0.1) is 10.7 Å². The minimum Gasteiger partial charge on any atom is -0.496 e. The van der Waals surface area contributed by atoms with E-state index in [4.69, 9.17) is 15.0 Å². The number of nitrogens with zero attached hydrogens (tertiary/aromatic N) is 1. The summed E-state index contributed by atoms with van der Waals surface area (Å²) in [5.41, 5.74) is 6.31. The van der Waals surface area contributed by atoms with Crippen molar-refractivity contribution in [3.63, 3.8) is 0 Å². The zero-order valence-corrected chi connectivity index (χ0v) is 9.03. The van der Waals surface area contributed by atoms with Gasteiger partial charge < -0.3 is 15.0 Å². The summed E-state index contributed by atoms with van der Waals surface area (Å²) in [5, 5.41) is 4.43. The Balaban J connectivity index is 2.88. The topological polar surface area (TPSA) is 61.3 Å². The van der Waals surface area contributed by atoms with Gasteiger partial charge in [0.15, 0.2) is 11.4 Å². The van der Waals surface area contributed by atoms with Crippen LogP contribution < -0.4 is 10.5 Å². The van der Waals surface area contributed by atoms with E-state index in [1.165, 1.54) is 0 Å². The number of halogens is 1. The second-order valence-electron chi connectivity index (χ2n) is 2.52. The first kappa shape index (κ1) is 8.61. The number of aromatic nitrogens is 1. The van der Waals surface area contributed by atoms with Crippen LogP contribution in [-0.2, 0) is 0 Å². The first-order chi connectivity index (χ1) is 6.24. The highest BCUT2D eigenvalue weighted by atomic mass is 127.